The maximum absolute atomic E-state index is 13.0. The van der Waals surface area contributed by atoms with Gasteiger partial charge >= 0.3 is 0 Å². The van der Waals surface area contributed by atoms with E-state index >= 15 is 0 Å². The molecule has 1 aliphatic rings. The van der Waals surface area contributed by atoms with Gasteiger partial charge in [0.2, 0.25) is 5.91 Å². The first kappa shape index (κ1) is 16.7. The van der Waals surface area contributed by atoms with Gasteiger partial charge in [0.05, 0.1) is 6.20 Å². The van der Waals surface area contributed by atoms with E-state index in [1.165, 1.54) is 18.6 Å². The predicted octanol–water partition coefficient (Wildman–Crippen LogP) is 3.92. The van der Waals surface area contributed by atoms with Crippen LogP contribution in [0, 0.1) is 17.7 Å². The van der Waals surface area contributed by atoms with Crippen LogP contribution in [0.2, 0.25) is 0 Å². The molecular weight excluding hydrogens is 307 g/mol. The van der Waals surface area contributed by atoms with Crippen LogP contribution >= 0.6 is 0 Å². The Bertz CT molecular complexity index is 686. The standard InChI is InChI=1S/C19H23FN2O2/c1-13-9-14(2)12-22(11-13)19(23)8-7-18-21-10-17(24-18)15-3-5-16(20)6-4-15/h3-6,10,13-14H,7-9,11-12H2,1-2H3/t13-,14-/m1/s1. The van der Waals surface area contributed by atoms with Crippen molar-refractivity contribution in [2.45, 2.75) is 33.1 Å². The number of halogens is 1. The van der Waals surface area contributed by atoms with Crippen molar-refractivity contribution in [2.24, 2.45) is 11.8 Å². The van der Waals surface area contributed by atoms with Gasteiger partial charge in [0, 0.05) is 31.5 Å². The molecule has 0 aliphatic carbocycles. The first-order valence-corrected chi connectivity index (χ1v) is 8.49. The zero-order valence-electron chi connectivity index (χ0n) is 14.2. The van der Waals surface area contributed by atoms with Crippen LogP contribution in [-0.4, -0.2) is 28.9 Å². The van der Waals surface area contributed by atoms with Gasteiger partial charge in [-0.1, -0.05) is 13.8 Å². The number of carbonyl (C=O) groups excluding carboxylic acids is 1. The second-order valence-corrected chi connectivity index (χ2v) is 6.87. The number of aromatic nitrogens is 1. The van der Waals surface area contributed by atoms with Crippen molar-refractivity contribution in [1.29, 1.82) is 0 Å². The molecule has 0 bridgehead atoms. The molecule has 2 atom stereocenters. The molecule has 1 saturated heterocycles. The molecule has 0 saturated carbocycles. The average molecular weight is 330 g/mol. The normalized spacial score (nSPS) is 21.0. The van der Waals surface area contributed by atoms with E-state index in [-0.39, 0.29) is 11.7 Å². The van der Waals surface area contributed by atoms with Gasteiger partial charge in [-0.3, -0.25) is 4.79 Å². The van der Waals surface area contributed by atoms with Gasteiger partial charge in [-0.2, -0.15) is 0 Å². The molecule has 24 heavy (non-hydrogen) atoms. The Morgan fingerprint density at radius 3 is 2.58 bits per heavy atom. The highest BCUT2D eigenvalue weighted by molar-refractivity contribution is 5.76. The number of hydrogen-bond donors (Lipinski definition) is 0. The first-order chi connectivity index (χ1) is 11.5. The Hall–Kier alpha value is -2.17. The number of carbonyl (C=O) groups is 1. The van der Waals surface area contributed by atoms with E-state index in [0.717, 1.165) is 18.7 Å². The summed E-state index contributed by atoms with van der Waals surface area (Å²) in [4.78, 5) is 18.6. The Balaban J connectivity index is 1.57. The zero-order valence-corrected chi connectivity index (χ0v) is 14.2. The lowest BCUT2D eigenvalue weighted by Gasteiger charge is -2.35. The van der Waals surface area contributed by atoms with Gasteiger partial charge in [0.1, 0.15) is 5.82 Å². The van der Waals surface area contributed by atoms with Crippen molar-refractivity contribution in [2.75, 3.05) is 13.1 Å². The van der Waals surface area contributed by atoms with Crippen LogP contribution < -0.4 is 0 Å². The summed E-state index contributed by atoms with van der Waals surface area (Å²) in [5.41, 5.74) is 0.778. The van der Waals surface area contributed by atoms with Crippen molar-refractivity contribution in [3.05, 3.63) is 42.2 Å². The van der Waals surface area contributed by atoms with Crippen molar-refractivity contribution in [3.8, 4) is 11.3 Å². The maximum atomic E-state index is 13.0. The quantitative estimate of drug-likeness (QED) is 0.853. The maximum Gasteiger partial charge on any atom is 0.223 e. The van der Waals surface area contributed by atoms with Crippen molar-refractivity contribution in [1.82, 2.24) is 9.88 Å². The predicted molar refractivity (Wildman–Crippen MR) is 89.7 cm³/mol. The number of benzene rings is 1. The molecule has 1 aromatic heterocycles. The Morgan fingerprint density at radius 1 is 1.25 bits per heavy atom. The average Bonchev–Trinajstić information content (AvgIpc) is 3.01. The minimum absolute atomic E-state index is 0.162. The number of aryl methyl sites for hydroxylation is 1. The second-order valence-electron chi connectivity index (χ2n) is 6.87. The smallest absolute Gasteiger partial charge is 0.223 e. The molecular formula is C19H23FN2O2. The zero-order chi connectivity index (χ0) is 17.1. The lowest BCUT2D eigenvalue weighted by Crippen LogP contribution is -2.42. The van der Waals surface area contributed by atoms with E-state index in [1.54, 1.807) is 18.3 Å². The van der Waals surface area contributed by atoms with Crippen molar-refractivity contribution >= 4 is 5.91 Å². The van der Waals surface area contributed by atoms with Gasteiger partial charge in [-0.25, -0.2) is 9.37 Å². The van der Waals surface area contributed by atoms with Gasteiger partial charge < -0.3 is 9.32 Å². The Labute approximate surface area is 141 Å². The molecule has 2 heterocycles. The molecule has 4 nitrogen and oxygen atoms in total. The Kier molecular flexibility index (Phi) is 4.97. The van der Waals surface area contributed by atoms with E-state index in [2.05, 4.69) is 18.8 Å². The van der Waals surface area contributed by atoms with Gasteiger partial charge in [-0.15, -0.1) is 0 Å². The van der Waals surface area contributed by atoms with Crippen LogP contribution in [0.4, 0.5) is 4.39 Å². The van der Waals surface area contributed by atoms with E-state index < -0.39 is 0 Å². The topological polar surface area (TPSA) is 46.3 Å². The van der Waals surface area contributed by atoms with E-state index in [9.17, 15) is 9.18 Å². The monoisotopic (exact) mass is 330 g/mol. The highest BCUT2D eigenvalue weighted by atomic mass is 19.1. The molecule has 3 rings (SSSR count). The fourth-order valence-electron chi connectivity index (χ4n) is 3.41. The van der Waals surface area contributed by atoms with Crippen molar-refractivity contribution in [3.63, 3.8) is 0 Å². The van der Waals surface area contributed by atoms with Gasteiger partial charge in [-0.05, 0) is 42.5 Å². The van der Waals surface area contributed by atoms with Crippen LogP contribution in [0.25, 0.3) is 11.3 Å². The summed E-state index contributed by atoms with van der Waals surface area (Å²) in [6.45, 7) is 6.07. The molecule has 5 heteroatoms. The summed E-state index contributed by atoms with van der Waals surface area (Å²) in [7, 11) is 0. The number of rotatable bonds is 4. The summed E-state index contributed by atoms with van der Waals surface area (Å²) < 4.78 is 18.6. The van der Waals surface area contributed by atoms with E-state index in [0.29, 0.717) is 36.3 Å². The molecule has 1 aliphatic heterocycles. The second kappa shape index (κ2) is 7.16. The summed E-state index contributed by atoms with van der Waals surface area (Å²) in [6.07, 6.45) is 3.70. The SMILES string of the molecule is C[C@@H]1C[C@@H](C)CN(C(=O)CCc2ncc(-c3ccc(F)cc3)o2)C1. The summed E-state index contributed by atoms with van der Waals surface area (Å²) in [5.74, 6) is 2.14. The molecule has 2 aromatic rings. The number of amides is 1. The Morgan fingerprint density at radius 2 is 1.92 bits per heavy atom. The van der Waals surface area contributed by atoms with E-state index in [1.807, 2.05) is 4.90 Å². The third-order valence-electron chi connectivity index (χ3n) is 4.46. The number of piperidine rings is 1. The molecule has 0 radical (unpaired) electrons. The highest BCUT2D eigenvalue weighted by Crippen LogP contribution is 2.23. The molecule has 1 fully saturated rings. The number of nitrogens with zero attached hydrogens (tertiary/aromatic N) is 2. The van der Waals surface area contributed by atoms with Crippen LogP contribution in [-0.2, 0) is 11.2 Å². The molecule has 1 amide bonds. The first-order valence-electron chi connectivity index (χ1n) is 8.49. The minimum atomic E-state index is -0.283. The highest BCUT2D eigenvalue weighted by Gasteiger charge is 2.25. The molecule has 1 aromatic carbocycles. The van der Waals surface area contributed by atoms with Crippen molar-refractivity contribution < 1.29 is 13.6 Å². The minimum Gasteiger partial charge on any atom is -0.441 e. The number of likely N-dealkylation sites (tertiary alicyclic amines) is 1. The molecule has 0 spiro atoms. The molecule has 0 unspecified atom stereocenters. The summed E-state index contributed by atoms with van der Waals surface area (Å²) in [5, 5.41) is 0. The van der Waals surface area contributed by atoms with Crippen LogP contribution in [0.15, 0.2) is 34.9 Å². The van der Waals surface area contributed by atoms with Crippen LogP contribution in [0.5, 0.6) is 0 Å². The lowest BCUT2D eigenvalue weighted by molar-refractivity contribution is -0.133. The third kappa shape index (κ3) is 4.02. The van der Waals surface area contributed by atoms with E-state index in [4.69, 9.17) is 4.42 Å². The fraction of sp³-hybridized carbons (Fsp3) is 0.474. The largest absolute Gasteiger partial charge is 0.441 e. The van der Waals surface area contributed by atoms with Crippen LogP contribution in [0.3, 0.4) is 0 Å². The fourth-order valence-corrected chi connectivity index (χ4v) is 3.41. The number of hydrogen-bond acceptors (Lipinski definition) is 3. The molecule has 128 valence electrons. The third-order valence-corrected chi connectivity index (χ3v) is 4.46. The summed E-state index contributed by atoms with van der Waals surface area (Å²) >= 11 is 0. The van der Waals surface area contributed by atoms with Gasteiger partial charge in [0.15, 0.2) is 11.7 Å². The molecule has 0 N–H and O–H groups in total. The van der Waals surface area contributed by atoms with Gasteiger partial charge in [0.25, 0.3) is 0 Å². The van der Waals surface area contributed by atoms with Crippen LogP contribution in [0.1, 0.15) is 32.6 Å². The summed E-state index contributed by atoms with van der Waals surface area (Å²) in [6, 6.07) is 6.09. The lowest BCUT2D eigenvalue weighted by atomic mass is 9.91. The number of oxazole rings is 1.